The molecule has 142 valence electrons. The summed E-state index contributed by atoms with van der Waals surface area (Å²) in [6.45, 7) is 5.83. The van der Waals surface area contributed by atoms with Crippen LogP contribution in [0.4, 0.5) is 0 Å². The molecule has 1 saturated carbocycles. The standard InChI is InChI=1S/C19H24N6OS/c1-13-7-8-14(2)16(11-13)25-18(22-23-24-25)27-15(3)17(26)21-19(12-20)9-5-4-6-10-19/h7-8,11,15H,4-6,9-10H2,1-3H3,(H,21,26)/t15-/m1/s1. The number of carbonyl (C=O) groups is 1. The van der Waals surface area contributed by atoms with Crippen molar-refractivity contribution in [2.24, 2.45) is 0 Å². The third-order valence-electron chi connectivity index (χ3n) is 4.97. The van der Waals surface area contributed by atoms with Gasteiger partial charge in [0.05, 0.1) is 17.0 Å². The first-order valence-electron chi connectivity index (χ1n) is 9.20. The molecule has 1 aromatic carbocycles. The number of amides is 1. The lowest BCUT2D eigenvalue weighted by molar-refractivity contribution is -0.121. The van der Waals surface area contributed by atoms with Gasteiger partial charge in [0, 0.05) is 0 Å². The molecule has 0 unspecified atom stereocenters. The highest BCUT2D eigenvalue weighted by atomic mass is 32.2. The molecule has 0 spiro atoms. The average Bonchev–Trinajstić information content (AvgIpc) is 3.12. The number of nitrogens with zero attached hydrogens (tertiary/aromatic N) is 5. The summed E-state index contributed by atoms with van der Waals surface area (Å²) in [5.74, 6) is -0.154. The molecule has 0 radical (unpaired) electrons. The Morgan fingerprint density at radius 1 is 1.33 bits per heavy atom. The van der Waals surface area contributed by atoms with Crippen molar-refractivity contribution in [1.29, 1.82) is 5.26 Å². The minimum Gasteiger partial charge on any atom is -0.337 e. The maximum atomic E-state index is 12.7. The van der Waals surface area contributed by atoms with Crippen LogP contribution in [0.1, 0.15) is 50.2 Å². The molecule has 1 aliphatic rings. The van der Waals surface area contributed by atoms with Gasteiger partial charge < -0.3 is 5.32 Å². The van der Waals surface area contributed by atoms with Crippen molar-refractivity contribution in [2.75, 3.05) is 0 Å². The highest BCUT2D eigenvalue weighted by Crippen LogP contribution is 2.29. The monoisotopic (exact) mass is 384 g/mol. The van der Waals surface area contributed by atoms with Crippen LogP contribution in [0.25, 0.3) is 5.69 Å². The summed E-state index contributed by atoms with van der Waals surface area (Å²) in [4.78, 5) is 12.7. The maximum Gasteiger partial charge on any atom is 0.234 e. The van der Waals surface area contributed by atoms with Crippen LogP contribution in [0.2, 0.25) is 0 Å². The first-order valence-corrected chi connectivity index (χ1v) is 10.1. The van der Waals surface area contributed by atoms with Gasteiger partial charge in [0.1, 0.15) is 5.54 Å². The summed E-state index contributed by atoms with van der Waals surface area (Å²) in [6, 6.07) is 8.41. The van der Waals surface area contributed by atoms with Gasteiger partial charge in [-0.1, -0.05) is 43.2 Å². The Hall–Kier alpha value is -2.40. The first-order chi connectivity index (χ1) is 12.9. The fourth-order valence-corrected chi connectivity index (χ4v) is 4.12. The van der Waals surface area contributed by atoms with Crippen LogP contribution < -0.4 is 5.32 Å². The van der Waals surface area contributed by atoms with Crippen molar-refractivity contribution < 1.29 is 4.79 Å². The molecule has 1 heterocycles. The third kappa shape index (κ3) is 4.30. The molecule has 2 aromatic rings. The number of nitriles is 1. The van der Waals surface area contributed by atoms with Crippen molar-refractivity contribution in [3.63, 3.8) is 0 Å². The molecule has 1 fully saturated rings. The van der Waals surface area contributed by atoms with E-state index in [1.807, 2.05) is 39.0 Å². The lowest BCUT2D eigenvalue weighted by Gasteiger charge is -2.32. The topological polar surface area (TPSA) is 96.5 Å². The fraction of sp³-hybridized carbons (Fsp3) is 0.526. The predicted octanol–water partition coefficient (Wildman–Crippen LogP) is 3.10. The smallest absolute Gasteiger partial charge is 0.234 e. The van der Waals surface area contributed by atoms with E-state index in [-0.39, 0.29) is 5.91 Å². The van der Waals surface area contributed by atoms with E-state index in [9.17, 15) is 10.1 Å². The quantitative estimate of drug-likeness (QED) is 0.796. The van der Waals surface area contributed by atoms with Crippen molar-refractivity contribution >= 4 is 17.7 Å². The highest BCUT2D eigenvalue weighted by Gasteiger charge is 2.35. The molecular formula is C19H24N6OS. The van der Waals surface area contributed by atoms with Gasteiger partial charge in [0.2, 0.25) is 11.1 Å². The van der Waals surface area contributed by atoms with Crippen molar-refractivity contribution in [2.45, 2.75) is 68.8 Å². The number of rotatable bonds is 5. The Kier molecular flexibility index (Phi) is 5.80. The number of thioether (sulfide) groups is 1. The van der Waals surface area contributed by atoms with Gasteiger partial charge in [-0.3, -0.25) is 4.79 Å². The van der Waals surface area contributed by atoms with E-state index < -0.39 is 10.8 Å². The zero-order valence-corrected chi connectivity index (χ0v) is 16.7. The van der Waals surface area contributed by atoms with Crippen LogP contribution in [0, 0.1) is 25.2 Å². The molecule has 1 aliphatic carbocycles. The molecule has 7 nitrogen and oxygen atoms in total. The molecule has 3 rings (SSSR count). The molecule has 1 N–H and O–H groups in total. The number of aryl methyl sites for hydroxylation is 2. The van der Waals surface area contributed by atoms with Crippen molar-refractivity contribution in [3.8, 4) is 11.8 Å². The SMILES string of the molecule is Cc1ccc(C)c(-n2nnnc2S[C@H](C)C(=O)NC2(C#N)CCCCC2)c1. The molecule has 8 heteroatoms. The molecule has 0 bridgehead atoms. The Bertz CT molecular complexity index is 865. The van der Waals surface area contributed by atoms with E-state index >= 15 is 0 Å². The van der Waals surface area contributed by atoms with Gasteiger partial charge in [-0.25, -0.2) is 0 Å². The summed E-state index contributed by atoms with van der Waals surface area (Å²) in [7, 11) is 0. The van der Waals surface area contributed by atoms with Gasteiger partial charge >= 0.3 is 0 Å². The van der Waals surface area contributed by atoms with Gasteiger partial charge in [0.25, 0.3) is 0 Å². The number of nitrogens with one attached hydrogen (secondary N) is 1. The second-order valence-corrected chi connectivity index (χ2v) is 8.48. The van der Waals surface area contributed by atoms with Gasteiger partial charge in [-0.15, -0.1) is 5.10 Å². The number of hydrogen-bond donors (Lipinski definition) is 1. The predicted molar refractivity (Wildman–Crippen MR) is 104 cm³/mol. The fourth-order valence-electron chi connectivity index (χ4n) is 3.32. The normalized spacial score (nSPS) is 17.1. The molecule has 0 saturated heterocycles. The van der Waals surface area contributed by atoms with Crippen LogP contribution in [-0.2, 0) is 4.79 Å². The lowest BCUT2D eigenvalue weighted by atomic mass is 9.83. The van der Waals surface area contributed by atoms with E-state index in [1.165, 1.54) is 11.8 Å². The zero-order chi connectivity index (χ0) is 19.4. The Morgan fingerprint density at radius 2 is 2.07 bits per heavy atom. The van der Waals surface area contributed by atoms with Gasteiger partial charge in [-0.05, 0) is 61.2 Å². The number of tetrazole rings is 1. The Labute approximate surface area is 163 Å². The largest absolute Gasteiger partial charge is 0.337 e. The Balaban J connectivity index is 1.74. The first kappa shape index (κ1) is 19.4. The summed E-state index contributed by atoms with van der Waals surface area (Å²) in [5.41, 5.74) is 2.33. The lowest BCUT2D eigenvalue weighted by Crippen LogP contribution is -2.51. The van der Waals surface area contributed by atoms with Crippen LogP contribution in [0.15, 0.2) is 23.4 Å². The number of carbonyl (C=O) groups excluding carboxylic acids is 1. The number of aromatic nitrogens is 4. The molecule has 27 heavy (non-hydrogen) atoms. The second kappa shape index (κ2) is 8.09. The molecular weight excluding hydrogens is 360 g/mol. The van der Waals surface area contributed by atoms with E-state index in [1.54, 1.807) is 4.68 Å². The highest BCUT2D eigenvalue weighted by molar-refractivity contribution is 8.00. The van der Waals surface area contributed by atoms with Crippen molar-refractivity contribution in [1.82, 2.24) is 25.5 Å². The van der Waals surface area contributed by atoms with E-state index in [2.05, 4.69) is 26.9 Å². The average molecular weight is 385 g/mol. The Morgan fingerprint density at radius 3 is 2.78 bits per heavy atom. The van der Waals surface area contributed by atoms with Gasteiger partial charge in [-0.2, -0.15) is 9.94 Å². The molecule has 1 atom stereocenters. The summed E-state index contributed by atoms with van der Waals surface area (Å²) in [6.07, 6.45) is 4.49. The third-order valence-corrected chi connectivity index (χ3v) is 6.00. The van der Waals surface area contributed by atoms with Gasteiger partial charge in [0.15, 0.2) is 0 Å². The van der Waals surface area contributed by atoms with Crippen LogP contribution in [0.3, 0.4) is 0 Å². The van der Waals surface area contributed by atoms with E-state index in [4.69, 9.17) is 0 Å². The second-order valence-electron chi connectivity index (χ2n) is 7.17. The van der Waals surface area contributed by atoms with Crippen LogP contribution >= 0.6 is 11.8 Å². The van der Waals surface area contributed by atoms with Crippen LogP contribution in [0.5, 0.6) is 0 Å². The molecule has 1 aromatic heterocycles. The van der Waals surface area contributed by atoms with E-state index in [0.29, 0.717) is 18.0 Å². The number of benzene rings is 1. The molecule has 1 amide bonds. The number of hydrogen-bond acceptors (Lipinski definition) is 6. The zero-order valence-electron chi connectivity index (χ0n) is 15.9. The molecule has 0 aliphatic heterocycles. The van der Waals surface area contributed by atoms with Crippen molar-refractivity contribution in [3.05, 3.63) is 29.3 Å². The van der Waals surface area contributed by atoms with Crippen LogP contribution in [-0.4, -0.2) is 36.9 Å². The summed E-state index contributed by atoms with van der Waals surface area (Å²) in [5, 5.41) is 24.7. The minimum atomic E-state index is -0.733. The summed E-state index contributed by atoms with van der Waals surface area (Å²) < 4.78 is 1.66. The maximum absolute atomic E-state index is 12.7. The minimum absolute atomic E-state index is 0.154. The van der Waals surface area contributed by atoms with E-state index in [0.717, 1.165) is 36.1 Å². The summed E-state index contributed by atoms with van der Waals surface area (Å²) >= 11 is 1.30.